The molecule has 1 spiro atoms. The van der Waals surface area contributed by atoms with Crippen LogP contribution in [0.25, 0.3) is 0 Å². The number of hydrogen-bond acceptors (Lipinski definition) is 6. The number of aromatic nitrogens is 2. The fourth-order valence-electron chi connectivity index (χ4n) is 3.76. The SMILES string of the molecule is CC(=O)Nc1ncc(CN2CCCC3(C2)OCc2c3cc[nH]c2=O)s1. The molecule has 2 aromatic rings. The normalized spacial score (nSPS) is 22.9. The van der Waals surface area contributed by atoms with Crippen LogP contribution in [0.2, 0.25) is 0 Å². The third-order valence-corrected chi connectivity index (χ3v) is 5.69. The average molecular weight is 360 g/mol. The third kappa shape index (κ3) is 3.12. The summed E-state index contributed by atoms with van der Waals surface area (Å²) < 4.78 is 6.13. The Morgan fingerprint density at radius 3 is 3.28 bits per heavy atom. The maximum atomic E-state index is 12.0. The minimum Gasteiger partial charge on any atom is -0.364 e. The van der Waals surface area contributed by atoms with E-state index >= 15 is 0 Å². The molecule has 1 amide bonds. The molecular formula is C17H20N4O3S. The molecule has 4 heterocycles. The molecule has 25 heavy (non-hydrogen) atoms. The second-order valence-corrected chi connectivity index (χ2v) is 7.72. The number of amides is 1. The molecule has 1 saturated heterocycles. The summed E-state index contributed by atoms with van der Waals surface area (Å²) in [6, 6.07) is 1.98. The monoisotopic (exact) mass is 360 g/mol. The summed E-state index contributed by atoms with van der Waals surface area (Å²) in [7, 11) is 0. The number of pyridine rings is 1. The highest BCUT2D eigenvalue weighted by atomic mass is 32.1. The Kier molecular flexibility index (Phi) is 4.18. The van der Waals surface area contributed by atoms with Gasteiger partial charge in [-0.05, 0) is 31.0 Å². The Morgan fingerprint density at radius 2 is 2.44 bits per heavy atom. The van der Waals surface area contributed by atoms with E-state index in [1.54, 1.807) is 6.20 Å². The number of carbonyl (C=O) groups excluding carboxylic acids is 1. The number of fused-ring (bicyclic) bond motifs is 2. The molecule has 0 aromatic carbocycles. The molecular weight excluding hydrogens is 340 g/mol. The predicted molar refractivity (Wildman–Crippen MR) is 94.5 cm³/mol. The van der Waals surface area contributed by atoms with Gasteiger partial charge in [0.25, 0.3) is 5.56 Å². The highest BCUT2D eigenvalue weighted by Crippen LogP contribution is 2.42. The van der Waals surface area contributed by atoms with Gasteiger partial charge in [0.05, 0.1) is 6.61 Å². The van der Waals surface area contributed by atoms with Crippen molar-refractivity contribution in [2.45, 2.75) is 38.5 Å². The van der Waals surface area contributed by atoms with Crippen molar-refractivity contribution in [3.8, 4) is 0 Å². The lowest BCUT2D eigenvalue weighted by Gasteiger charge is -2.40. The highest BCUT2D eigenvalue weighted by Gasteiger charge is 2.44. The van der Waals surface area contributed by atoms with Crippen LogP contribution in [0, 0.1) is 0 Å². The first-order valence-electron chi connectivity index (χ1n) is 8.35. The van der Waals surface area contributed by atoms with Crippen molar-refractivity contribution in [2.24, 2.45) is 0 Å². The van der Waals surface area contributed by atoms with E-state index in [0.717, 1.165) is 48.5 Å². The van der Waals surface area contributed by atoms with Gasteiger partial charge in [0.1, 0.15) is 5.60 Å². The number of piperidine rings is 1. The second kappa shape index (κ2) is 6.36. The summed E-state index contributed by atoms with van der Waals surface area (Å²) in [6.45, 7) is 4.37. The van der Waals surface area contributed by atoms with E-state index in [2.05, 4.69) is 20.2 Å². The van der Waals surface area contributed by atoms with Crippen molar-refractivity contribution in [3.63, 3.8) is 0 Å². The zero-order valence-corrected chi connectivity index (χ0v) is 14.8. The van der Waals surface area contributed by atoms with Crippen LogP contribution in [0.5, 0.6) is 0 Å². The number of rotatable bonds is 3. The Labute approximate surface area is 149 Å². The van der Waals surface area contributed by atoms with Crippen LogP contribution in [-0.2, 0) is 28.3 Å². The van der Waals surface area contributed by atoms with Crippen LogP contribution < -0.4 is 10.9 Å². The molecule has 4 rings (SSSR count). The number of thiazole rings is 1. The molecule has 132 valence electrons. The van der Waals surface area contributed by atoms with Gasteiger partial charge < -0.3 is 15.0 Å². The van der Waals surface area contributed by atoms with Crippen molar-refractivity contribution in [1.82, 2.24) is 14.9 Å². The molecule has 8 heteroatoms. The van der Waals surface area contributed by atoms with Gasteiger partial charge in [-0.2, -0.15) is 0 Å². The molecule has 0 radical (unpaired) electrons. The lowest BCUT2D eigenvalue weighted by molar-refractivity contribution is -0.114. The van der Waals surface area contributed by atoms with Crippen LogP contribution in [-0.4, -0.2) is 33.9 Å². The fourth-order valence-corrected chi connectivity index (χ4v) is 4.66. The maximum Gasteiger partial charge on any atom is 0.253 e. The number of carbonyl (C=O) groups is 1. The summed E-state index contributed by atoms with van der Waals surface area (Å²) in [5, 5.41) is 3.35. The van der Waals surface area contributed by atoms with Crippen LogP contribution in [0.4, 0.5) is 5.13 Å². The number of nitrogens with zero attached hydrogens (tertiary/aromatic N) is 2. The summed E-state index contributed by atoms with van der Waals surface area (Å²) in [5.74, 6) is -0.112. The van der Waals surface area contributed by atoms with Crippen molar-refractivity contribution in [3.05, 3.63) is 44.8 Å². The first kappa shape index (κ1) is 16.4. The van der Waals surface area contributed by atoms with E-state index < -0.39 is 0 Å². The number of likely N-dealkylation sites (tertiary alicyclic amines) is 1. The summed E-state index contributed by atoms with van der Waals surface area (Å²) in [5.41, 5.74) is 1.36. The fraction of sp³-hybridized carbons (Fsp3) is 0.471. The molecule has 1 unspecified atom stereocenters. The summed E-state index contributed by atoms with van der Waals surface area (Å²) >= 11 is 1.49. The quantitative estimate of drug-likeness (QED) is 0.872. The highest BCUT2D eigenvalue weighted by molar-refractivity contribution is 7.15. The summed E-state index contributed by atoms with van der Waals surface area (Å²) in [4.78, 5) is 33.6. The van der Waals surface area contributed by atoms with E-state index in [0.29, 0.717) is 11.7 Å². The molecule has 2 aromatic heterocycles. The molecule has 2 N–H and O–H groups in total. The predicted octanol–water partition coefficient (Wildman–Crippen LogP) is 1.81. The average Bonchev–Trinajstić information content (AvgIpc) is 3.14. The Bertz CT molecular complexity index is 862. The number of H-pyrrole nitrogens is 1. The van der Waals surface area contributed by atoms with Gasteiger partial charge in [-0.25, -0.2) is 4.98 Å². The van der Waals surface area contributed by atoms with E-state index in [9.17, 15) is 9.59 Å². The number of anilines is 1. The van der Waals surface area contributed by atoms with Crippen LogP contribution in [0.1, 0.15) is 35.8 Å². The third-order valence-electron chi connectivity index (χ3n) is 4.80. The molecule has 7 nitrogen and oxygen atoms in total. The van der Waals surface area contributed by atoms with E-state index in [1.807, 2.05) is 12.3 Å². The van der Waals surface area contributed by atoms with E-state index in [-0.39, 0.29) is 17.1 Å². The standard InChI is InChI=1S/C17H20N4O3S/c1-11(22)20-16-19-7-12(25-16)8-21-6-2-4-17(10-21)14-3-5-18-15(23)13(14)9-24-17/h3,5,7H,2,4,6,8-10H2,1H3,(H,18,23)(H,19,20,22). The molecule has 1 atom stereocenters. The largest absolute Gasteiger partial charge is 0.364 e. The topological polar surface area (TPSA) is 87.3 Å². The number of nitrogens with one attached hydrogen (secondary N) is 2. The Hall–Kier alpha value is -2.03. The molecule has 0 saturated carbocycles. The minimum absolute atomic E-state index is 0.0473. The van der Waals surface area contributed by atoms with Crippen LogP contribution >= 0.6 is 11.3 Å². The lowest BCUT2D eigenvalue weighted by atomic mass is 9.85. The Balaban J connectivity index is 1.51. The lowest BCUT2D eigenvalue weighted by Crippen LogP contribution is -2.45. The van der Waals surface area contributed by atoms with Gasteiger partial charge in [-0.3, -0.25) is 14.5 Å². The molecule has 2 aliphatic rings. The van der Waals surface area contributed by atoms with Crippen molar-refractivity contribution in [1.29, 1.82) is 0 Å². The number of aromatic amines is 1. The maximum absolute atomic E-state index is 12.0. The number of hydrogen-bond donors (Lipinski definition) is 2. The van der Waals surface area contributed by atoms with Gasteiger partial charge in [0.15, 0.2) is 5.13 Å². The molecule has 0 bridgehead atoms. The Morgan fingerprint density at radius 1 is 1.56 bits per heavy atom. The first-order chi connectivity index (χ1) is 12.1. The van der Waals surface area contributed by atoms with Gasteiger partial charge in [0.2, 0.25) is 5.91 Å². The van der Waals surface area contributed by atoms with Crippen molar-refractivity contribution in [2.75, 3.05) is 18.4 Å². The minimum atomic E-state index is -0.382. The van der Waals surface area contributed by atoms with Gasteiger partial charge in [-0.15, -0.1) is 11.3 Å². The van der Waals surface area contributed by atoms with Crippen LogP contribution in [0.3, 0.4) is 0 Å². The van der Waals surface area contributed by atoms with E-state index in [4.69, 9.17) is 4.74 Å². The zero-order chi connectivity index (χ0) is 17.4. The molecule has 2 aliphatic heterocycles. The first-order valence-corrected chi connectivity index (χ1v) is 9.17. The second-order valence-electron chi connectivity index (χ2n) is 6.61. The van der Waals surface area contributed by atoms with Crippen molar-refractivity contribution >= 4 is 22.4 Å². The smallest absolute Gasteiger partial charge is 0.253 e. The zero-order valence-electron chi connectivity index (χ0n) is 14.0. The molecule has 1 fully saturated rings. The summed E-state index contributed by atoms with van der Waals surface area (Å²) in [6.07, 6.45) is 5.47. The van der Waals surface area contributed by atoms with Gasteiger partial charge in [-0.1, -0.05) is 0 Å². The van der Waals surface area contributed by atoms with Gasteiger partial charge in [0, 0.05) is 42.8 Å². The van der Waals surface area contributed by atoms with Crippen LogP contribution in [0.15, 0.2) is 23.3 Å². The van der Waals surface area contributed by atoms with E-state index in [1.165, 1.54) is 18.3 Å². The number of ether oxygens (including phenoxy) is 1. The molecule has 0 aliphatic carbocycles. The van der Waals surface area contributed by atoms with Gasteiger partial charge >= 0.3 is 0 Å². The van der Waals surface area contributed by atoms with Crippen molar-refractivity contribution < 1.29 is 9.53 Å².